The molecule has 0 aliphatic carbocycles. The summed E-state index contributed by atoms with van der Waals surface area (Å²) in [6.45, 7) is 0. The Morgan fingerprint density at radius 2 is 1.81 bits per heavy atom. The first-order valence-electron chi connectivity index (χ1n) is 6.00. The first-order chi connectivity index (χ1) is 10.0. The molecule has 0 bridgehead atoms. The maximum absolute atomic E-state index is 11.9. The normalized spacial score (nSPS) is 10.2. The van der Waals surface area contributed by atoms with Crippen LogP contribution in [0.2, 0.25) is 0 Å². The van der Waals surface area contributed by atoms with Gasteiger partial charge in [-0.3, -0.25) is 9.59 Å². The number of carbonyl (C=O) groups excluding carboxylic acids is 3. The van der Waals surface area contributed by atoms with Gasteiger partial charge in [0.05, 0.1) is 18.4 Å². The van der Waals surface area contributed by atoms with E-state index in [2.05, 4.69) is 20.7 Å². The number of halogens is 1. The van der Waals surface area contributed by atoms with Crippen LogP contribution in [-0.4, -0.2) is 24.6 Å². The van der Waals surface area contributed by atoms with Gasteiger partial charge in [-0.2, -0.15) is 0 Å². The van der Waals surface area contributed by atoms with E-state index in [9.17, 15) is 14.4 Å². The number of ketones is 2. The molecular formula is C15H11BrO4S. The molecule has 1 heterocycles. The fraction of sp³-hybridized carbons (Fsp3) is 0.133. The first-order valence-corrected chi connectivity index (χ1v) is 7.67. The molecule has 0 amide bonds. The zero-order chi connectivity index (χ0) is 15.4. The third kappa shape index (κ3) is 3.86. The van der Waals surface area contributed by atoms with Crippen LogP contribution in [0.5, 0.6) is 0 Å². The Bertz CT molecular complexity index is 688. The van der Waals surface area contributed by atoms with Gasteiger partial charge in [0.2, 0.25) is 5.78 Å². The molecule has 1 aromatic carbocycles. The molecule has 0 unspecified atom stereocenters. The van der Waals surface area contributed by atoms with E-state index in [-0.39, 0.29) is 5.78 Å². The van der Waals surface area contributed by atoms with Crippen LogP contribution in [0.25, 0.3) is 11.1 Å². The quantitative estimate of drug-likeness (QED) is 0.351. The Balaban J connectivity index is 2.12. The number of methoxy groups -OCH3 is 1. The van der Waals surface area contributed by atoms with Crippen molar-refractivity contribution in [1.82, 2.24) is 0 Å². The van der Waals surface area contributed by atoms with Crippen molar-refractivity contribution in [3.05, 3.63) is 45.1 Å². The highest BCUT2D eigenvalue weighted by molar-refractivity contribution is 9.10. The summed E-state index contributed by atoms with van der Waals surface area (Å²) in [5.74, 6) is -2.20. The van der Waals surface area contributed by atoms with E-state index in [1.165, 1.54) is 11.3 Å². The number of benzene rings is 1. The van der Waals surface area contributed by atoms with Gasteiger partial charge >= 0.3 is 5.97 Å². The fourth-order valence-corrected chi connectivity index (χ4v) is 2.82. The molecular weight excluding hydrogens is 356 g/mol. The monoisotopic (exact) mass is 366 g/mol. The second kappa shape index (κ2) is 6.78. The molecule has 108 valence electrons. The van der Waals surface area contributed by atoms with Gasteiger partial charge in [0, 0.05) is 4.47 Å². The lowest BCUT2D eigenvalue weighted by Crippen LogP contribution is -2.18. The van der Waals surface area contributed by atoms with Gasteiger partial charge in [0.25, 0.3) is 0 Å². The summed E-state index contributed by atoms with van der Waals surface area (Å²) in [5, 5.41) is 1.85. The van der Waals surface area contributed by atoms with E-state index in [1.54, 1.807) is 6.07 Å². The molecule has 0 aliphatic heterocycles. The van der Waals surface area contributed by atoms with Gasteiger partial charge in [-0.15, -0.1) is 11.3 Å². The number of Topliss-reactive ketones (excluding diaryl/α,β-unsaturated/α-hetero) is 2. The second-order valence-corrected chi connectivity index (χ2v) is 6.05. The highest BCUT2D eigenvalue weighted by Crippen LogP contribution is 2.27. The third-order valence-electron chi connectivity index (χ3n) is 2.79. The lowest BCUT2D eigenvalue weighted by molar-refractivity contribution is -0.151. The Morgan fingerprint density at radius 1 is 1.14 bits per heavy atom. The van der Waals surface area contributed by atoms with Crippen molar-refractivity contribution >= 4 is 44.8 Å². The van der Waals surface area contributed by atoms with Crippen LogP contribution in [0.4, 0.5) is 0 Å². The zero-order valence-corrected chi connectivity index (χ0v) is 13.5. The van der Waals surface area contributed by atoms with E-state index in [0.717, 1.165) is 22.7 Å². The van der Waals surface area contributed by atoms with Gasteiger partial charge in [-0.1, -0.05) is 28.1 Å². The van der Waals surface area contributed by atoms with Crippen LogP contribution in [0.15, 0.2) is 40.2 Å². The van der Waals surface area contributed by atoms with E-state index < -0.39 is 18.2 Å². The van der Waals surface area contributed by atoms with Crippen molar-refractivity contribution in [2.45, 2.75) is 6.42 Å². The number of rotatable bonds is 5. The molecule has 0 atom stereocenters. The first kappa shape index (κ1) is 15.6. The van der Waals surface area contributed by atoms with Crippen LogP contribution in [-0.2, 0) is 14.3 Å². The van der Waals surface area contributed by atoms with Gasteiger partial charge in [0.1, 0.15) is 0 Å². The second-order valence-electron chi connectivity index (χ2n) is 4.22. The number of thiophene rings is 1. The van der Waals surface area contributed by atoms with Crippen LogP contribution in [0.3, 0.4) is 0 Å². The van der Waals surface area contributed by atoms with E-state index in [4.69, 9.17) is 0 Å². The van der Waals surface area contributed by atoms with Gasteiger partial charge in [-0.25, -0.2) is 4.79 Å². The minimum atomic E-state index is -0.993. The predicted molar refractivity (Wildman–Crippen MR) is 83.4 cm³/mol. The van der Waals surface area contributed by atoms with E-state index in [0.29, 0.717) is 4.88 Å². The van der Waals surface area contributed by atoms with Crippen LogP contribution < -0.4 is 0 Å². The average Bonchev–Trinajstić information content (AvgIpc) is 2.97. The van der Waals surface area contributed by atoms with Gasteiger partial charge in [0.15, 0.2) is 5.78 Å². The summed E-state index contributed by atoms with van der Waals surface area (Å²) >= 11 is 4.61. The zero-order valence-electron chi connectivity index (χ0n) is 11.1. The van der Waals surface area contributed by atoms with E-state index in [1.807, 2.05) is 29.6 Å². The van der Waals surface area contributed by atoms with Crippen LogP contribution in [0.1, 0.15) is 16.1 Å². The highest BCUT2D eigenvalue weighted by Gasteiger charge is 2.20. The molecule has 6 heteroatoms. The summed E-state index contributed by atoms with van der Waals surface area (Å²) in [7, 11) is 1.11. The molecule has 21 heavy (non-hydrogen) atoms. The van der Waals surface area contributed by atoms with Crippen molar-refractivity contribution in [3.63, 3.8) is 0 Å². The minimum absolute atomic E-state index is 0.376. The third-order valence-corrected chi connectivity index (χ3v) is 4.29. The Hall–Kier alpha value is -1.79. The Kier molecular flexibility index (Phi) is 5.03. The fourth-order valence-electron chi connectivity index (χ4n) is 1.70. The SMILES string of the molecule is COC(=O)C(=O)CC(=O)c1cc(-c2ccc(Br)cc2)cs1. The van der Waals surface area contributed by atoms with E-state index >= 15 is 0 Å². The molecule has 0 fully saturated rings. The van der Waals surface area contributed by atoms with Crippen molar-refractivity contribution in [2.75, 3.05) is 7.11 Å². The lowest BCUT2D eigenvalue weighted by Gasteiger charge is -1.98. The number of hydrogen-bond acceptors (Lipinski definition) is 5. The summed E-state index contributed by atoms with van der Waals surface area (Å²) < 4.78 is 5.27. The van der Waals surface area contributed by atoms with Gasteiger partial charge < -0.3 is 4.74 Å². The molecule has 0 saturated carbocycles. The van der Waals surface area contributed by atoms with Crippen LogP contribution in [0, 0.1) is 0 Å². The van der Waals surface area contributed by atoms with Crippen molar-refractivity contribution in [1.29, 1.82) is 0 Å². The van der Waals surface area contributed by atoms with Gasteiger partial charge in [-0.05, 0) is 34.7 Å². The topological polar surface area (TPSA) is 60.4 Å². The Morgan fingerprint density at radius 3 is 2.43 bits per heavy atom. The Labute approximate surface area is 133 Å². The molecule has 0 radical (unpaired) electrons. The highest BCUT2D eigenvalue weighted by atomic mass is 79.9. The number of ether oxygens (including phenoxy) is 1. The molecule has 0 N–H and O–H groups in total. The molecule has 0 aliphatic rings. The summed E-state index contributed by atoms with van der Waals surface area (Å²) in [4.78, 5) is 34.8. The van der Waals surface area contributed by atoms with Crippen molar-refractivity contribution < 1.29 is 19.1 Å². The lowest BCUT2D eigenvalue weighted by atomic mass is 10.1. The standard InChI is InChI=1S/C15H11BrO4S/c1-20-15(19)13(18)7-12(17)14-6-10(8-21-14)9-2-4-11(16)5-3-9/h2-6,8H,7H2,1H3. The summed E-state index contributed by atoms with van der Waals surface area (Å²) in [6.07, 6.45) is -0.465. The number of carbonyl (C=O) groups is 3. The average molecular weight is 367 g/mol. The smallest absolute Gasteiger partial charge is 0.374 e. The molecule has 0 saturated heterocycles. The minimum Gasteiger partial charge on any atom is -0.463 e. The van der Waals surface area contributed by atoms with Crippen LogP contribution >= 0.6 is 27.3 Å². The number of hydrogen-bond donors (Lipinski definition) is 0. The molecule has 2 aromatic rings. The molecule has 1 aromatic heterocycles. The summed E-state index contributed by atoms with van der Waals surface area (Å²) in [5.41, 5.74) is 1.88. The maximum Gasteiger partial charge on any atom is 0.374 e. The largest absolute Gasteiger partial charge is 0.463 e. The number of esters is 1. The summed E-state index contributed by atoms with van der Waals surface area (Å²) in [6, 6.07) is 9.41. The predicted octanol–water partition coefficient (Wildman–Crippen LogP) is 3.49. The van der Waals surface area contributed by atoms with Crippen molar-refractivity contribution in [2.24, 2.45) is 0 Å². The van der Waals surface area contributed by atoms with Crippen molar-refractivity contribution in [3.8, 4) is 11.1 Å². The molecule has 0 spiro atoms. The molecule has 2 rings (SSSR count). The molecule has 4 nitrogen and oxygen atoms in total. The maximum atomic E-state index is 11.9.